The molecule has 16 heavy (non-hydrogen) atoms. The molecule has 0 aliphatic rings. The molecule has 2 aromatic heterocycles. The van der Waals surface area contributed by atoms with E-state index in [2.05, 4.69) is 29.1 Å². The molecule has 0 fully saturated rings. The highest BCUT2D eigenvalue weighted by molar-refractivity contribution is 5.97. The van der Waals surface area contributed by atoms with Crippen molar-refractivity contribution in [3.05, 3.63) is 35.5 Å². The zero-order chi connectivity index (χ0) is 11.3. The first-order valence-electron chi connectivity index (χ1n) is 5.37. The van der Waals surface area contributed by atoms with Crippen molar-refractivity contribution in [3.63, 3.8) is 0 Å². The predicted octanol–water partition coefficient (Wildman–Crippen LogP) is 2.74. The van der Waals surface area contributed by atoms with E-state index in [0.717, 1.165) is 16.9 Å². The molecule has 1 aromatic carbocycles. The maximum Gasteiger partial charge on any atom is 0.158 e. The molecule has 3 rings (SSSR count). The smallest absolute Gasteiger partial charge is 0.158 e. The van der Waals surface area contributed by atoms with Crippen LogP contribution >= 0.6 is 0 Å². The number of rotatable bonds is 0. The fraction of sp³-hybridized carbons (Fsp3) is 0.231. The van der Waals surface area contributed by atoms with Crippen LogP contribution < -0.4 is 0 Å². The summed E-state index contributed by atoms with van der Waals surface area (Å²) in [7, 11) is 1.94. The monoisotopic (exact) mass is 211 g/mol. The Morgan fingerprint density at radius 3 is 2.69 bits per heavy atom. The van der Waals surface area contributed by atoms with Gasteiger partial charge in [-0.2, -0.15) is 5.10 Å². The molecule has 0 saturated heterocycles. The first-order valence-corrected chi connectivity index (χ1v) is 5.37. The van der Waals surface area contributed by atoms with Crippen LogP contribution in [0.4, 0.5) is 0 Å². The van der Waals surface area contributed by atoms with Gasteiger partial charge in [0.05, 0.1) is 11.2 Å². The molecule has 0 amide bonds. The normalized spacial score (nSPS) is 11.4. The van der Waals surface area contributed by atoms with Gasteiger partial charge in [0.1, 0.15) is 0 Å². The number of hydrogen-bond donors (Lipinski definition) is 0. The average Bonchev–Trinajstić information content (AvgIpc) is 2.55. The standard InChI is InChI=1S/C13H13N3/c1-8-10-6-4-5-7-11(10)14-13-12(8)9(2)15-16(13)3/h4-7H,1-3H3. The summed E-state index contributed by atoms with van der Waals surface area (Å²) in [5, 5.41) is 6.82. The molecule has 80 valence electrons. The molecule has 0 saturated carbocycles. The highest BCUT2D eigenvalue weighted by atomic mass is 15.3. The molecular weight excluding hydrogens is 198 g/mol. The lowest BCUT2D eigenvalue weighted by Gasteiger charge is -2.03. The van der Waals surface area contributed by atoms with E-state index in [1.165, 1.54) is 16.3 Å². The number of para-hydroxylation sites is 1. The van der Waals surface area contributed by atoms with Gasteiger partial charge in [0.25, 0.3) is 0 Å². The summed E-state index contributed by atoms with van der Waals surface area (Å²) in [6.07, 6.45) is 0. The van der Waals surface area contributed by atoms with Gasteiger partial charge < -0.3 is 0 Å². The van der Waals surface area contributed by atoms with Crippen LogP contribution in [-0.2, 0) is 7.05 Å². The summed E-state index contributed by atoms with van der Waals surface area (Å²) in [6.45, 7) is 4.17. The summed E-state index contributed by atoms with van der Waals surface area (Å²) in [4.78, 5) is 4.66. The van der Waals surface area contributed by atoms with Crippen molar-refractivity contribution in [1.82, 2.24) is 14.8 Å². The minimum atomic E-state index is 0.966. The fourth-order valence-electron chi connectivity index (χ4n) is 2.35. The molecule has 3 heteroatoms. The number of aryl methyl sites for hydroxylation is 3. The van der Waals surface area contributed by atoms with Gasteiger partial charge >= 0.3 is 0 Å². The Morgan fingerprint density at radius 1 is 1.12 bits per heavy atom. The fourth-order valence-corrected chi connectivity index (χ4v) is 2.35. The van der Waals surface area contributed by atoms with Crippen LogP contribution in [0, 0.1) is 13.8 Å². The molecule has 0 unspecified atom stereocenters. The summed E-state index contributed by atoms with van der Waals surface area (Å²) >= 11 is 0. The van der Waals surface area contributed by atoms with Gasteiger partial charge in [0, 0.05) is 17.8 Å². The molecule has 3 aromatic rings. The zero-order valence-electron chi connectivity index (χ0n) is 9.65. The first kappa shape index (κ1) is 9.33. The third-order valence-corrected chi connectivity index (χ3v) is 3.10. The molecule has 0 aliphatic carbocycles. The third kappa shape index (κ3) is 1.08. The van der Waals surface area contributed by atoms with Gasteiger partial charge in [0.15, 0.2) is 5.65 Å². The van der Waals surface area contributed by atoms with Crippen LogP contribution in [0.5, 0.6) is 0 Å². The van der Waals surface area contributed by atoms with Crippen molar-refractivity contribution in [3.8, 4) is 0 Å². The van der Waals surface area contributed by atoms with Gasteiger partial charge in [-0.1, -0.05) is 18.2 Å². The van der Waals surface area contributed by atoms with Crippen LogP contribution in [0.2, 0.25) is 0 Å². The van der Waals surface area contributed by atoms with E-state index in [4.69, 9.17) is 0 Å². The average molecular weight is 211 g/mol. The number of hydrogen-bond acceptors (Lipinski definition) is 2. The number of pyridine rings is 1. The second-order valence-corrected chi connectivity index (χ2v) is 4.16. The minimum Gasteiger partial charge on any atom is -0.250 e. The maximum atomic E-state index is 4.66. The van der Waals surface area contributed by atoms with E-state index in [9.17, 15) is 0 Å². The van der Waals surface area contributed by atoms with Gasteiger partial charge in [0.2, 0.25) is 0 Å². The van der Waals surface area contributed by atoms with Gasteiger partial charge in [-0.15, -0.1) is 0 Å². The largest absolute Gasteiger partial charge is 0.250 e. The van der Waals surface area contributed by atoms with Crippen molar-refractivity contribution < 1.29 is 0 Å². The highest BCUT2D eigenvalue weighted by Crippen LogP contribution is 2.26. The summed E-state index contributed by atoms with van der Waals surface area (Å²) < 4.78 is 1.85. The molecule has 0 spiro atoms. The first-order chi connectivity index (χ1) is 7.68. The minimum absolute atomic E-state index is 0.966. The zero-order valence-corrected chi connectivity index (χ0v) is 9.65. The SMILES string of the molecule is Cc1nn(C)c2nc3ccccc3c(C)c12. The van der Waals surface area contributed by atoms with E-state index in [-0.39, 0.29) is 0 Å². The number of benzene rings is 1. The summed E-state index contributed by atoms with van der Waals surface area (Å²) in [5.41, 5.74) is 4.32. The van der Waals surface area contributed by atoms with Crippen LogP contribution in [0.15, 0.2) is 24.3 Å². The highest BCUT2D eigenvalue weighted by Gasteiger charge is 2.11. The van der Waals surface area contributed by atoms with E-state index >= 15 is 0 Å². The quantitative estimate of drug-likeness (QED) is 0.572. The molecule has 0 N–H and O–H groups in total. The number of nitrogens with zero attached hydrogens (tertiary/aromatic N) is 3. The van der Waals surface area contributed by atoms with E-state index < -0.39 is 0 Å². The van der Waals surface area contributed by atoms with Crippen LogP contribution in [-0.4, -0.2) is 14.8 Å². The molecule has 0 aliphatic heterocycles. The lowest BCUT2D eigenvalue weighted by molar-refractivity contribution is 0.775. The molecule has 0 bridgehead atoms. The Morgan fingerprint density at radius 2 is 1.88 bits per heavy atom. The Labute approximate surface area is 93.7 Å². The molecular formula is C13H13N3. The predicted molar refractivity (Wildman–Crippen MR) is 65.5 cm³/mol. The van der Waals surface area contributed by atoms with Crippen LogP contribution in [0.1, 0.15) is 11.3 Å². The summed E-state index contributed by atoms with van der Waals surface area (Å²) in [5.74, 6) is 0. The maximum absolute atomic E-state index is 4.66. The Hall–Kier alpha value is -1.90. The van der Waals surface area contributed by atoms with E-state index in [1.54, 1.807) is 0 Å². The summed E-state index contributed by atoms with van der Waals surface area (Å²) in [6, 6.07) is 8.23. The lowest BCUT2D eigenvalue weighted by Crippen LogP contribution is -1.93. The second-order valence-electron chi connectivity index (χ2n) is 4.16. The number of aromatic nitrogens is 3. The van der Waals surface area contributed by atoms with Crippen molar-refractivity contribution in [2.24, 2.45) is 7.05 Å². The third-order valence-electron chi connectivity index (χ3n) is 3.10. The topological polar surface area (TPSA) is 30.7 Å². The number of fused-ring (bicyclic) bond motifs is 2. The van der Waals surface area contributed by atoms with Gasteiger partial charge in [-0.3, -0.25) is 4.68 Å². The molecule has 3 nitrogen and oxygen atoms in total. The lowest BCUT2D eigenvalue weighted by atomic mass is 10.1. The van der Waals surface area contributed by atoms with E-state index in [1.807, 2.05) is 30.8 Å². The Kier molecular flexibility index (Phi) is 1.78. The second kappa shape index (κ2) is 3.04. The Bertz CT molecular complexity index is 695. The van der Waals surface area contributed by atoms with Gasteiger partial charge in [-0.05, 0) is 25.5 Å². The van der Waals surface area contributed by atoms with Crippen LogP contribution in [0.25, 0.3) is 21.9 Å². The van der Waals surface area contributed by atoms with Gasteiger partial charge in [-0.25, -0.2) is 4.98 Å². The van der Waals surface area contributed by atoms with Crippen molar-refractivity contribution in [2.45, 2.75) is 13.8 Å². The van der Waals surface area contributed by atoms with Crippen LogP contribution in [0.3, 0.4) is 0 Å². The van der Waals surface area contributed by atoms with Crippen molar-refractivity contribution in [2.75, 3.05) is 0 Å². The molecule has 2 heterocycles. The Balaban J connectivity index is 2.63. The molecule has 0 radical (unpaired) electrons. The van der Waals surface area contributed by atoms with E-state index in [0.29, 0.717) is 0 Å². The molecule has 0 atom stereocenters. The van der Waals surface area contributed by atoms with Crippen molar-refractivity contribution >= 4 is 21.9 Å². The van der Waals surface area contributed by atoms with Crippen molar-refractivity contribution in [1.29, 1.82) is 0 Å².